The highest BCUT2D eigenvalue weighted by Gasteiger charge is 2.51. The molecule has 0 N–H and O–H groups in total. The zero-order chi connectivity index (χ0) is 34.4. The normalized spacial score (nSPS) is 13.1. The highest BCUT2D eigenvalue weighted by Crippen LogP contribution is 2.63. The van der Waals surface area contributed by atoms with Gasteiger partial charge in [-0.2, -0.15) is 5.26 Å². The van der Waals surface area contributed by atoms with Crippen LogP contribution in [0.15, 0.2) is 182 Å². The maximum Gasteiger partial charge on any atom is 0.0991 e. The number of nitrogens with zero attached hydrogens (tertiary/aromatic N) is 2. The van der Waals surface area contributed by atoms with Crippen molar-refractivity contribution >= 4 is 49.4 Å². The first kappa shape index (κ1) is 28.8. The van der Waals surface area contributed by atoms with E-state index in [2.05, 4.69) is 181 Å². The van der Waals surface area contributed by atoms with Crippen LogP contribution in [0.3, 0.4) is 0 Å². The van der Waals surface area contributed by atoms with E-state index in [4.69, 9.17) is 0 Å². The Morgan fingerprint density at radius 3 is 1.31 bits per heavy atom. The van der Waals surface area contributed by atoms with Crippen LogP contribution in [0.4, 0.5) is 17.1 Å². The minimum Gasteiger partial charge on any atom is -0.310 e. The fraction of sp³-hybridized carbons (Fsp3) is 0.0200. The molecular formula is C50H30N2. The minimum atomic E-state index is -0.389. The second-order valence-electron chi connectivity index (χ2n) is 13.9. The van der Waals surface area contributed by atoms with Crippen LogP contribution in [0.2, 0.25) is 0 Å². The number of anilines is 3. The van der Waals surface area contributed by atoms with E-state index in [1.54, 1.807) is 0 Å². The monoisotopic (exact) mass is 658 g/mol. The third-order valence-electron chi connectivity index (χ3n) is 11.5. The fourth-order valence-corrected chi connectivity index (χ4v) is 9.39. The van der Waals surface area contributed by atoms with Crippen molar-refractivity contribution in [1.29, 1.82) is 5.26 Å². The number of hydrogen-bond donors (Lipinski definition) is 0. The number of rotatable bonds is 3. The molecule has 9 aromatic rings. The lowest BCUT2D eigenvalue weighted by molar-refractivity contribution is 0.794. The molecule has 0 aromatic heterocycles. The Labute approximate surface area is 302 Å². The zero-order valence-corrected chi connectivity index (χ0v) is 28.2. The summed E-state index contributed by atoms with van der Waals surface area (Å²) in [4.78, 5) is 2.34. The van der Waals surface area contributed by atoms with Gasteiger partial charge in [0.15, 0.2) is 0 Å². The van der Waals surface area contributed by atoms with Crippen molar-refractivity contribution in [3.63, 3.8) is 0 Å². The molecule has 2 aliphatic rings. The van der Waals surface area contributed by atoms with Gasteiger partial charge < -0.3 is 4.90 Å². The molecule has 11 rings (SSSR count). The summed E-state index contributed by atoms with van der Waals surface area (Å²) in [6.07, 6.45) is 0. The van der Waals surface area contributed by atoms with Gasteiger partial charge in [-0.15, -0.1) is 0 Å². The first-order valence-corrected chi connectivity index (χ1v) is 17.8. The van der Waals surface area contributed by atoms with Crippen molar-refractivity contribution in [2.45, 2.75) is 5.41 Å². The van der Waals surface area contributed by atoms with E-state index in [-0.39, 0.29) is 5.41 Å². The Kier molecular flexibility index (Phi) is 5.98. The summed E-state index contributed by atoms with van der Waals surface area (Å²) in [6, 6.07) is 68.4. The molecule has 0 saturated carbocycles. The topological polar surface area (TPSA) is 27.0 Å². The third-order valence-corrected chi connectivity index (χ3v) is 11.5. The molecule has 0 saturated heterocycles. The van der Waals surface area contributed by atoms with Crippen LogP contribution in [0.1, 0.15) is 27.8 Å². The number of hydrogen-bond acceptors (Lipinski definition) is 2. The lowest BCUT2D eigenvalue weighted by Gasteiger charge is -2.31. The van der Waals surface area contributed by atoms with Gasteiger partial charge in [0, 0.05) is 17.1 Å². The van der Waals surface area contributed by atoms with Crippen molar-refractivity contribution < 1.29 is 0 Å². The molecule has 0 heterocycles. The van der Waals surface area contributed by atoms with Gasteiger partial charge in [0.05, 0.1) is 17.0 Å². The van der Waals surface area contributed by atoms with Crippen molar-refractivity contribution in [3.8, 4) is 28.3 Å². The van der Waals surface area contributed by atoms with Crippen molar-refractivity contribution in [2.24, 2.45) is 0 Å². The molecule has 0 unspecified atom stereocenters. The molecule has 52 heavy (non-hydrogen) atoms. The molecule has 0 atom stereocenters. The predicted molar refractivity (Wildman–Crippen MR) is 215 cm³/mol. The summed E-state index contributed by atoms with van der Waals surface area (Å²) in [6.45, 7) is 0. The Hall–Kier alpha value is -6.95. The fourth-order valence-electron chi connectivity index (χ4n) is 9.39. The highest BCUT2D eigenvalue weighted by molar-refractivity contribution is 6.25. The average Bonchev–Trinajstić information content (AvgIpc) is 3.68. The van der Waals surface area contributed by atoms with Gasteiger partial charge in [-0.3, -0.25) is 0 Å². The lowest BCUT2D eigenvalue weighted by atomic mass is 9.70. The summed E-state index contributed by atoms with van der Waals surface area (Å²) in [5, 5.41) is 17.1. The summed E-state index contributed by atoms with van der Waals surface area (Å²) >= 11 is 0. The molecular weight excluding hydrogens is 629 g/mol. The molecule has 240 valence electrons. The van der Waals surface area contributed by atoms with Gasteiger partial charge in [-0.05, 0) is 125 Å². The Balaban J connectivity index is 1.18. The SMILES string of the molecule is N#Cc1ccc(N(c2ccc3c(c2)-c2ccccc2C32c3ccccc3-c3ccccc32)c2ccc3c4ccccc4c4ccccc4c3c2)cc1. The zero-order valence-electron chi connectivity index (χ0n) is 28.2. The lowest BCUT2D eigenvalue weighted by Crippen LogP contribution is -2.25. The largest absolute Gasteiger partial charge is 0.310 e. The van der Waals surface area contributed by atoms with Gasteiger partial charge in [-0.25, -0.2) is 0 Å². The predicted octanol–water partition coefficient (Wildman–Crippen LogP) is 12.8. The van der Waals surface area contributed by atoms with E-state index in [9.17, 15) is 5.26 Å². The Morgan fingerprint density at radius 2 is 0.750 bits per heavy atom. The summed E-state index contributed by atoms with van der Waals surface area (Å²) in [5.41, 5.74) is 13.8. The molecule has 1 spiro atoms. The van der Waals surface area contributed by atoms with E-state index in [1.165, 1.54) is 76.8 Å². The molecule has 0 fully saturated rings. The Morgan fingerprint density at radius 1 is 0.346 bits per heavy atom. The van der Waals surface area contributed by atoms with Crippen LogP contribution in [0.5, 0.6) is 0 Å². The van der Waals surface area contributed by atoms with E-state index in [0.29, 0.717) is 5.56 Å². The first-order valence-electron chi connectivity index (χ1n) is 17.8. The molecule has 2 nitrogen and oxygen atoms in total. The molecule has 2 aliphatic carbocycles. The van der Waals surface area contributed by atoms with Crippen LogP contribution in [-0.4, -0.2) is 0 Å². The van der Waals surface area contributed by atoms with Crippen molar-refractivity contribution in [1.82, 2.24) is 0 Å². The van der Waals surface area contributed by atoms with Crippen molar-refractivity contribution in [3.05, 3.63) is 210 Å². The van der Waals surface area contributed by atoms with Gasteiger partial charge in [0.2, 0.25) is 0 Å². The standard InChI is InChI=1S/C50H30N2/c51-31-32-21-23-33(24-22-32)52(34-25-27-40-38-13-2-1-11-36(38)37-12-3-4-14-39(37)44(40)29-34)35-26-28-49-45(30-35)43-17-7-10-20-48(43)50(49)46-18-8-5-15-41(46)42-16-6-9-19-47(42)50/h1-30H. The molecule has 9 aromatic carbocycles. The summed E-state index contributed by atoms with van der Waals surface area (Å²) in [7, 11) is 0. The number of nitriles is 1. The molecule has 0 amide bonds. The van der Waals surface area contributed by atoms with Crippen LogP contribution in [0.25, 0.3) is 54.6 Å². The maximum atomic E-state index is 9.68. The summed E-state index contributed by atoms with van der Waals surface area (Å²) < 4.78 is 0. The smallest absolute Gasteiger partial charge is 0.0991 e. The molecule has 2 heteroatoms. The van der Waals surface area contributed by atoms with E-state index < -0.39 is 0 Å². The van der Waals surface area contributed by atoms with Crippen LogP contribution >= 0.6 is 0 Å². The van der Waals surface area contributed by atoms with Gasteiger partial charge in [0.25, 0.3) is 0 Å². The summed E-state index contributed by atoms with van der Waals surface area (Å²) in [5.74, 6) is 0. The number of fused-ring (bicyclic) bond motifs is 16. The van der Waals surface area contributed by atoms with Crippen LogP contribution in [-0.2, 0) is 5.41 Å². The third kappa shape index (κ3) is 3.77. The van der Waals surface area contributed by atoms with E-state index in [0.717, 1.165) is 17.1 Å². The van der Waals surface area contributed by atoms with E-state index in [1.807, 2.05) is 12.1 Å². The van der Waals surface area contributed by atoms with E-state index >= 15 is 0 Å². The second-order valence-corrected chi connectivity index (χ2v) is 13.9. The van der Waals surface area contributed by atoms with Gasteiger partial charge in [0.1, 0.15) is 0 Å². The first-order chi connectivity index (χ1) is 25.8. The molecule has 0 radical (unpaired) electrons. The quantitative estimate of drug-likeness (QED) is 0.177. The molecule has 0 bridgehead atoms. The van der Waals surface area contributed by atoms with Gasteiger partial charge >= 0.3 is 0 Å². The second kappa shape index (κ2) is 10.8. The van der Waals surface area contributed by atoms with Crippen LogP contribution in [0, 0.1) is 11.3 Å². The Bertz CT molecular complexity index is 2900. The highest BCUT2D eigenvalue weighted by atomic mass is 15.1. The van der Waals surface area contributed by atoms with Crippen molar-refractivity contribution in [2.75, 3.05) is 4.90 Å². The maximum absolute atomic E-state index is 9.68. The number of benzene rings is 9. The average molecular weight is 659 g/mol. The van der Waals surface area contributed by atoms with Gasteiger partial charge in [-0.1, -0.05) is 133 Å². The minimum absolute atomic E-state index is 0.389. The van der Waals surface area contributed by atoms with Crippen LogP contribution < -0.4 is 4.90 Å². The molecule has 0 aliphatic heterocycles.